The number of hydrogen-bond acceptors (Lipinski definition) is 3. The van der Waals surface area contributed by atoms with Gasteiger partial charge in [0.05, 0.1) is 10.7 Å². The quantitative estimate of drug-likeness (QED) is 0.830. The molecule has 15 heavy (non-hydrogen) atoms. The maximum Gasteiger partial charge on any atom is 0.244 e. The maximum atomic E-state index is 11.8. The largest absolute Gasteiger partial charge is 0.339 e. The Morgan fingerprint density at radius 3 is 2.87 bits per heavy atom. The lowest BCUT2D eigenvalue weighted by Gasteiger charge is -2.27. The highest BCUT2D eigenvalue weighted by Gasteiger charge is 2.16. The Bertz CT molecular complexity index is 346. The molecule has 0 aromatic carbocycles. The summed E-state index contributed by atoms with van der Waals surface area (Å²) in [6, 6.07) is 0. The third-order valence-corrected chi connectivity index (χ3v) is 2.78. The van der Waals surface area contributed by atoms with Crippen LogP contribution < -0.4 is 5.32 Å². The van der Waals surface area contributed by atoms with E-state index in [1.165, 1.54) is 0 Å². The maximum absolute atomic E-state index is 11.8. The number of carbonyl (C=O) groups excluding carboxylic acids is 1. The highest BCUT2D eigenvalue weighted by Crippen LogP contribution is 2.06. The fourth-order valence-corrected chi connectivity index (χ4v) is 1.91. The molecule has 1 aromatic rings. The minimum Gasteiger partial charge on any atom is -0.339 e. The Morgan fingerprint density at radius 1 is 1.53 bits per heavy atom. The summed E-state index contributed by atoms with van der Waals surface area (Å²) in [6.45, 7) is 3.68. The van der Waals surface area contributed by atoms with Gasteiger partial charge in [-0.3, -0.25) is 9.48 Å². The Balaban J connectivity index is 1.91. The highest BCUT2D eigenvalue weighted by molar-refractivity contribution is 9.10. The average Bonchev–Trinajstić information content (AvgIpc) is 2.65. The zero-order valence-corrected chi connectivity index (χ0v) is 9.90. The van der Waals surface area contributed by atoms with Crippen LogP contribution in [0.25, 0.3) is 0 Å². The number of halogens is 1. The van der Waals surface area contributed by atoms with E-state index in [9.17, 15) is 4.79 Å². The van der Waals surface area contributed by atoms with Crippen molar-refractivity contribution < 1.29 is 4.79 Å². The predicted molar refractivity (Wildman–Crippen MR) is 59.4 cm³/mol. The number of nitrogens with zero attached hydrogens (tertiary/aromatic N) is 3. The molecular formula is C9H13BrN4O. The van der Waals surface area contributed by atoms with E-state index in [1.807, 2.05) is 4.90 Å². The van der Waals surface area contributed by atoms with Crippen molar-refractivity contribution in [3.05, 3.63) is 16.9 Å². The Morgan fingerprint density at radius 2 is 2.27 bits per heavy atom. The van der Waals surface area contributed by atoms with Crippen LogP contribution >= 0.6 is 15.9 Å². The van der Waals surface area contributed by atoms with E-state index in [2.05, 4.69) is 26.3 Å². The van der Waals surface area contributed by atoms with Crippen LogP contribution in [0.2, 0.25) is 0 Å². The molecule has 82 valence electrons. The van der Waals surface area contributed by atoms with E-state index in [4.69, 9.17) is 0 Å². The predicted octanol–water partition coefficient (Wildman–Crippen LogP) is 0.0774. The van der Waals surface area contributed by atoms with Gasteiger partial charge in [0.1, 0.15) is 6.54 Å². The van der Waals surface area contributed by atoms with Crippen molar-refractivity contribution in [3.8, 4) is 0 Å². The molecule has 2 rings (SSSR count). The first-order chi connectivity index (χ1) is 7.25. The minimum atomic E-state index is 0.132. The summed E-state index contributed by atoms with van der Waals surface area (Å²) in [6.07, 6.45) is 3.49. The number of amides is 1. The standard InChI is InChI=1S/C9H13BrN4O/c10-8-5-12-14(6-8)7-9(15)13-3-1-11-2-4-13/h5-6,11H,1-4,7H2. The fraction of sp³-hybridized carbons (Fsp3) is 0.556. The van der Waals surface area contributed by atoms with Gasteiger partial charge < -0.3 is 10.2 Å². The van der Waals surface area contributed by atoms with E-state index in [0.29, 0.717) is 6.54 Å². The second-order valence-corrected chi connectivity index (χ2v) is 4.40. The fourth-order valence-electron chi connectivity index (χ4n) is 1.58. The number of rotatable bonds is 2. The SMILES string of the molecule is O=C(Cn1cc(Br)cn1)N1CCNCC1. The van der Waals surface area contributed by atoms with Gasteiger partial charge in [0.25, 0.3) is 0 Å². The normalized spacial score (nSPS) is 16.7. The van der Waals surface area contributed by atoms with Crippen LogP contribution in [0.4, 0.5) is 0 Å². The van der Waals surface area contributed by atoms with Gasteiger partial charge in [-0.25, -0.2) is 0 Å². The molecule has 1 aliphatic rings. The monoisotopic (exact) mass is 272 g/mol. The number of piperazine rings is 1. The van der Waals surface area contributed by atoms with Gasteiger partial charge in [-0.2, -0.15) is 5.10 Å². The summed E-state index contributed by atoms with van der Waals surface area (Å²) in [5, 5.41) is 7.27. The average molecular weight is 273 g/mol. The van der Waals surface area contributed by atoms with E-state index < -0.39 is 0 Å². The molecular weight excluding hydrogens is 260 g/mol. The van der Waals surface area contributed by atoms with Gasteiger partial charge in [-0.1, -0.05) is 0 Å². The lowest BCUT2D eigenvalue weighted by molar-refractivity contribution is -0.132. The third kappa shape index (κ3) is 2.79. The summed E-state index contributed by atoms with van der Waals surface area (Å²) in [5.74, 6) is 0.132. The first-order valence-electron chi connectivity index (χ1n) is 4.92. The molecule has 5 nitrogen and oxygen atoms in total. The van der Waals surface area contributed by atoms with Crippen molar-refractivity contribution in [1.82, 2.24) is 20.0 Å². The zero-order chi connectivity index (χ0) is 10.7. The molecule has 6 heteroatoms. The second kappa shape index (κ2) is 4.76. The molecule has 0 unspecified atom stereocenters. The van der Waals surface area contributed by atoms with Crippen molar-refractivity contribution in [2.75, 3.05) is 26.2 Å². The van der Waals surface area contributed by atoms with E-state index in [-0.39, 0.29) is 5.91 Å². The van der Waals surface area contributed by atoms with Crippen LogP contribution in [-0.2, 0) is 11.3 Å². The number of carbonyl (C=O) groups is 1. The van der Waals surface area contributed by atoms with Crippen LogP contribution in [0.3, 0.4) is 0 Å². The molecule has 1 aromatic heterocycles. The van der Waals surface area contributed by atoms with Crippen molar-refractivity contribution in [3.63, 3.8) is 0 Å². The summed E-state index contributed by atoms with van der Waals surface area (Å²) in [7, 11) is 0. The lowest BCUT2D eigenvalue weighted by atomic mass is 10.3. The molecule has 0 atom stereocenters. The van der Waals surface area contributed by atoms with Gasteiger partial charge in [0, 0.05) is 32.4 Å². The second-order valence-electron chi connectivity index (χ2n) is 3.49. The van der Waals surface area contributed by atoms with Crippen LogP contribution in [0.1, 0.15) is 0 Å². The van der Waals surface area contributed by atoms with Crippen LogP contribution in [0.5, 0.6) is 0 Å². The first kappa shape index (κ1) is 10.6. The van der Waals surface area contributed by atoms with Crippen molar-refractivity contribution in [2.45, 2.75) is 6.54 Å². The summed E-state index contributed by atoms with van der Waals surface area (Å²) >= 11 is 3.30. The lowest BCUT2D eigenvalue weighted by Crippen LogP contribution is -2.47. The van der Waals surface area contributed by atoms with Gasteiger partial charge in [-0.15, -0.1) is 0 Å². The molecule has 0 bridgehead atoms. The minimum absolute atomic E-state index is 0.132. The summed E-state index contributed by atoms with van der Waals surface area (Å²) in [4.78, 5) is 13.7. The van der Waals surface area contributed by atoms with Gasteiger partial charge >= 0.3 is 0 Å². The number of hydrogen-bond donors (Lipinski definition) is 1. The molecule has 1 amide bonds. The Hall–Kier alpha value is -0.880. The summed E-state index contributed by atoms with van der Waals surface area (Å²) in [5.41, 5.74) is 0. The van der Waals surface area contributed by atoms with Gasteiger partial charge in [0.15, 0.2) is 0 Å². The smallest absolute Gasteiger partial charge is 0.244 e. The van der Waals surface area contributed by atoms with Crippen LogP contribution in [-0.4, -0.2) is 46.8 Å². The molecule has 0 saturated carbocycles. The van der Waals surface area contributed by atoms with E-state index in [0.717, 1.165) is 30.7 Å². The summed E-state index contributed by atoms with van der Waals surface area (Å²) < 4.78 is 2.55. The van der Waals surface area contributed by atoms with Crippen LogP contribution in [0.15, 0.2) is 16.9 Å². The molecule has 2 heterocycles. The zero-order valence-electron chi connectivity index (χ0n) is 8.32. The molecule has 0 aliphatic carbocycles. The number of aromatic nitrogens is 2. The van der Waals surface area contributed by atoms with E-state index >= 15 is 0 Å². The van der Waals surface area contributed by atoms with Crippen LogP contribution in [0, 0.1) is 0 Å². The third-order valence-electron chi connectivity index (χ3n) is 2.37. The Labute approximate surface area is 96.6 Å². The molecule has 0 radical (unpaired) electrons. The first-order valence-corrected chi connectivity index (χ1v) is 5.71. The molecule has 1 saturated heterocycles. The van der Waals surface area contributed by atoms with Gasteiger partial charge in [0.2, 0.25) is 5.91 Å². The molecule has 1 fully saturated rings. The molecule has 1 aliphatic heterocycles. The van der Waals surface area contributed by atoms with E-state index in [1.54, 1.807) is 17.1 Å². The van der Waals surface area contributed by atoms with Crippen molar-refractivity contribution in [1.29, 1.82) is 0 Å². The number of nitrogens with one attached hydrogen (secondary N) is 1. The topological polar surface area (TPSA) is 50.2 Å². The highest BCUT2D eigenvalue weighted by atomic mass is 79.9. The van der Waals surface area contributed by atoms with Gasteiger partial charge in [-0.05, 0) is 15.9 Å². The van der Waals surface area contributed by atoms with Crippen molar-refractivity contribution >= 4 is 21.8 Å². The van der Waals surface area contributed by atoms with Crippen molar-refractivity contribution in [2.24, 2.45) is 0 Å². The Kier molecular flexibility index (Phi) is 3.37. The molecule has 1 N–H and O–H groups in total. The molecule has 0 spiro atoms.